The van der Waals surface area contributed by atoms with Crippen molar-refractivity contribution in [3.05, 3.63) is 69.6 Å². The fourth-order valence-corrected chi connectivity index (χ4v) is 1.81. The third-order valence-corrected chi connectivity index (χ3v) is 2.83. The molecule has 0 amide bonds. The van der Waals surface area contributed by atoms with Crippen LogP contribution in [0.4, 0.5) is 0 Å². The first kappa shape index (κ1) is 13.1. The van der Waals surface area contributed by atoms with Crippen LogP contribution in [0.1, 0.15) is 16.7 Å². The maximum Gasteiger partial charge on any atom is 0.253 e. The van der Waals surface area contributed by atoms with Crippen molar-refractivity contribution in [1.82, 2.24) is 4.57 Å². The number of nitrogens with zero attached hydrogens (tertiary/aromatic N) is 1. The molecule has 1 aromatic carbocycles. The highest BCUT2D eigenvalue weighted by Gasteiger charge is 2.00. The van der Waals surface area contributed by atoms with E-state index in [-0.39, 0.29) is 12.2 Å². The molecule has 3 nitrogen and oxygen atoms in total. The van der Waals surface area contributed by atoms with Crippen LogP contribution in [0, 0.1) is 18.8 Å². The van der Waals surface area contributed by atoms with E-state index in [0.29, 0.717) is 6.54 Å². The highest BCUT2D eigenvalue weighted by atomic mass is 16.2. The number of benzene rings is 1. The summed E-state index contributed by atoms with van der Waals surface area (Å²) in [6.45, 7) is 2.22. The van der Waals surface area contributed by atoms with Gasteiger partial charge in [-0.05, 0) is 30.7 Å². The summed E-state index contributed by atoms with van der Waals surface area (Å²) >= 11 is 0. The monoisotopic (exact) mass is 253 g/mol. The van der Waals surface area contributed by atoms with E-state index in [2.05, 4.69) is 11.8 Å². The Hall–Kier alpha value is -2.31. The van der Waals surface area contributed by atoms with Crippen molar-refractivity contribution in [1.29, 1.82) is 0 Å². The van der Waals surface area contributed by atoms with Gasteiger partial charge in [-0.2, -0.15) is 0 Å². The molecule has 2 rings (SSSR count). The third-order valence-electron chi connectivity index (χ3n) is 2.83. The fraction of sp³-hybridized carbons (Fsp3) is 0.188. The van der Waals surface area contributed by atoms with Gasteiger partial charge in [0.05, 0.1) is 6.54 Å². The zero-order valence-corrected chi connectivity index (χ0v) is 10.8. The summed E-state index contributed by atoms with van der Waals surface area (Å²) in [7, 11) is 0. The lowest BCUT2D eigenvalue weighted by atomic mass is 10.1. The number of aliphatic hydroxyl groups excluding tert-OH is 1. The van der Waals surface area contributed by atoms with Gasteiger partial charge in [0.2, 0.25) is 0 Å². The molecule has 0 aliphatic heterocycles. The number of pyridine rings is 1. The van der Waals surface area contributed by atoms with E-state index in [4.69, 9.17) is 5.11 Å². The zero-order valence-electron chi connectivity index (χ0n) is 10.8. The van der Waals surface area contributed by atoms with Crippen molar-refractivity contribution in [2.24, 2.45) is 0 Å². The lowest BCUT2D eigenvalue weighted by molar-refractivity contribution is 0.350. The lowest BCUT2D eigenvalue weighted by Crippen LogP contribution is -2.21. The van der Waals surface area contributed by atoms with E-state index >= 15 is 0 Å². The minimum absolute atomic E-state index is 0.0339. The standard InChI is InChI=1S/C16H15NO2/c1-13-4-2-10-17(16(13)19)12-15-8-6-14(7-9-15)5-3-11-18/h2,4,6-10,18H,11-12H2,1H3. The predicted octanol–water partition coefficient (Wildman–Crippen LogP) is 1.55. The maximum absolute atomic E-state index is 11.9. The van der Waals surface area contributed by atoms with E-state index in [1.165, 1.54) is 0 Å². The van der Waals surface area contributed by atoms with E-state index in [1.54, 1.807) is 10.8 Å². The second kappa shape index (κ2) is 6.03. The van der Waals surface area contributed by atoms with Gasteiger partial charge in [-0.15, -0.1) is 0 Å². The van der Waals surface area contributed by atoms with Crippen molar-refractivity contribution < 1.29 is 5.11 Å². The summed E-state index contributed by atoms with van der Waals surface area (Å²) in [5.74, 6) is 5.44. The molecule has 0 spiro atoms. The molecule has 0 unspecified atom stereocenters. The zero-order chi connectivity index (χ0) is 13.7. The Bertz CT molecular complexity index is 672. The van der Waals surface area contributed by atoms with Crippen LogP contribution < -0.4 is 5.56 Å². The molecule has 0 atom stereocenters. The molecule has 0 aliphatic carbocycles. The molecule has 0 aliphatic rings. The lowest BCUT2D eigenvalue weighted by Gasteiger charge is -2.06. The number of aromatic nitrogens is 1. The third kappa shape index (κ3) is 3.34. The summed E-state index contributed by atoms with van der Waals surface area (Å²) in [5.41, 5.74) is 2.68. The SMILES string of the molecule is Cc1cccn(Cc2ccc(C#CCO)cc2)c1=O. The molecule has 96 valence electrons. The van der Waals surface area contributed by atoms with Crippen LogP contribution in [0.15, 0.2) is 47.4 Å². The van der Waals surface area contributed by atoms with Crippen molar-refractivity contribution >= 4 is 0 Å². The first-order chi connectivity index (χ1) is 9.20. The second-order valence-electron chi connectivity index (χ2n) is 4.28. The number of hydrogen-bond acceptors (Lipinski definition) is 2. The van der Waals surface area contributed by atoms with E-state index in [0.717, 1.165) is 16.7 Å². The molecule has 0 saturated heterocycles. The van der Waals surface area contributed by atoms with E-state index < -0.39 is 0 Å². The Kier molecular flexibility index (Phi) is 4.17. The average molecular weight is 253 g/mol. The smallest absolute Gasteiger partial charge is 0.253 e. The molecular formula is C16H15NO2. The summed E-state index contributed by atoms with van der Waals surface area (Å²) in [6, 6.07) is 11.3. The van der Waals surface area contributed by atoms with Crippen LogP contribution in [-0.2, 0) is 6.54 Å². The van der Waals surface area contributed by atoms with E-state index in [1.807, 2.05) is 43.3 Å². The minimum Gasteiger partial charge on any atom is -0.384 e. The summed E-state index contributed by atoms with van der Waals surface area (Å²) < 4.78 is 1.68. The number of hydrogen-bond donors (Lipinski definition) is 1. The average Bonchev–Trinajstić information content (AvgIpc) is 2.43. The van der Waals surface area contributed by atoms with Gasteiger partial charge in [-0.25, -0.2) is 0 Å². The van der Waals surface area contributed by atoms with E-state index in [9.17, 15) is 4.79 Å². The number of aliphatic hydroxyl groups is 1. The molecule has 0 radical (unpaired) electrons. The molecule has 1 aromatic heterocycles. The summed E-state index contributed by atoms with van der Waals surface area (Å²) in [5, 5.41) is 8.62. The maximum atomic E-state index is 11.9. The van der Waals surface area contributed by atoms with Gasteiger partial charge in [0, 0.05) is 17.3 Å². The molecule has 1 N–H and O–H groups in total. The second-order valence-corrected chi connectivity index (χ2v) is 4.28. The Morgan fingerprint density at radius 1 is 1.21 bits per heavy atom. The van der Waals surface area contributed by atoms with Crippen LogP contribution in [0.3, 0.4) is 0 Å². The highest BCUT2D eigenvalue weighted by molar-refractivity contribution is 5.36. The van der Waals surface area contributed by atoms with Crippen molar-refractivity contribution in [3.8, 4) is 11.8 Å². The van der Waals surface area contributed by atoms with Crippen LogP contribution in [0.25, 0.3) is 0 Å². The van der Waals surface area contributed by atoms with Crippen LogP contribution in [0.2, 0.25) is 0 Å². The van der Waals surface area contributed by atoms with Crippen LogP contribution in [0.5, 0.6) is 0 Å². The largest absolute Gasteiger partial charge is 0.384 e. The predicted molar refractivity (Wildman–Crippen MR) is 74.9 cm³/mol. The molecule has 3 heteroatoms. The van der Waals surface area contributed by atoms with Crippen LogP contribution in [-0.4, -0.2) is 16.3 Å². The van der Waals surface area contributed by atoms with Gasteiger partial charge in [0.25, 0.3) is 5.56 Å². The Balaban J connectivity index is 2.20. The fourth-order valence-electron chi connectivity index (χ4n) is 1.81. The molecule has 2 aromatic rings. The topological polar surface area (TPSA) is 42.2 Å². The van der Waals surface area contributed by atoms with Crippen molar-refractivity contribution in [2.75, 3.05) is 6.61 Å². The van der Waals surface area contributed by atoms with Gasteiger partial charge in [0.1, 0.15) is 6.61 Å². The van der Waals surface area contributed by atoms with Crippen molar-refractivity contribution in [2.45, 2.75) is 13.5 Å². The quantitative estimate of drug-likeness (QED) is 0.825. The first-order valence-corrected chi connectivity index (χ1v) is 6.05. The molecule has 1 heterocycles. The normalized spacial score (nSPS) is 9.79. The molecular weight excluding hydrogens is 238 g/mol. The molecule has 0 saturated carbocycles. The summed E-state index contributed by atoms with van der Waals surface area (Å²) in [4.78, 5) is 11.9. The molecule has 0 bridgehead atoms. The highest BCUT2D eigenvalue weighted by Crippen LogP contribution is 2.05. The minimum atomic E-state index is -0.138. The van der Waals surface area contributed by atoms with Gasteiger partial charge in [0.15, 0.2) is 0 Å². The number of rotatable bonds is 2. The van der Waals surface area contributed by atoms with Gasteiger partial charge < -0.3 is 9.67 Å². The van der Waals surface area contributed by atoms with Gasteiger partial charge in [-0.3, -0.25) is 4.79 Å². The Labute approximate surface area is 112 Å². The Morgan fingerprint density at radius 3 is 2.63 bits per heavy atom. The van der Waals surface area contributed by atoms with Crippen LogP contribution >= 0.6 is 0 Å². The summed E-state index contributed by atoms with van der Waals surface area (Å²) in [6.07, 6.45) is 1.79. The molecule has 19 heavy (non-hydrogen) atoms. The van der Waals surface area contributed by atoms with Gasteiger partial charge >= 0.3 is 0 Å². The van der Waals surface area contributed by atoms with Gasteiger partial charge in [-0.1, -0.05) is 30.0 Å². The van der Waals surface area contributed by atoms with Crippen molar-refractivity contribution in [3.63, 3.8) is 0 Å². The number of aryl methyl sites for hydroxylation is 1. The molecule has 0 fully saturated rings. The Morgan fingerprint density at radius 2 is 1.95 bits per heavy atom. The first-order valence-electron chi connectivity index (χ1n) is 6.05.